The minimum atomic E-state index is -0.643. The van der Waals surface area contributed by atoms with Crippen molar-refractivity contribution in [1.29, 1.82) is 0 Å². The number of nitrogens with one attached hydrogen (secondary N) is 2. The minimum Gasteiger partial charge on any atom is -0.362 e. The maximum Gasteiger partial charge on any atom is 0.314 e. The summed E-state index contributed by atoms with van der Waals surface area (Å²) in [7, 11) is 1.51. The van der Waals surface area contributed by atoms with Gasteiger partial charge in [-0.15, -0.1) is 0 Å². The Hall–Kier alpha value is -2.38. The number of nitro benzene ring substituents is 1. The van der Waals surface area contributed by atoms with Crippen molar-refractivity contribution in [1.82, 2.24) is 10.6 Å². The molecular weight excluding hydrogens is 255 g/mol. The summed E-state index contributed by atoms with van der Waals surface area (Å²) in [5.74, 6) is -0.643. The van der Waals surface area contributed by atoms with E-state index in [2.05, 4.69) is 10.6 Å². The molecule has 8 heteroatoms. The van der Waals surface area contributed by atoms with Gasteiger partial charge in [0.05, 0.1) is 17.0 Å². The van der Waals surface area contributed by atoms with E-state index in [0.717, 1.165) is 6.07 Å². The van der Waals surface area contributed by atoms with Crippen LogP contribution in [0.25, 0.3) is 0 Å². The van der Waals surface area contributed by atoms with Crippen LogP contribution in [-0.4, -0.2) is 37.1 Å². The van der Waals surface area contributed by atoms with Crippen molar-refractivity contribution in [2.45, 2.75) is 6.04 Å². The molecule has 7 nitrogen and oxygen atoms in total. The number of amides is 2. The van der Waals surface area contributed by atoms with Gasteiger partial charge in [0.1, 0.15) is 11.5 Å². The predicted octanol–water partition coefficient (Wildman–Crippen LogP) is 0.851. The van der Waals surface area contributed by atoms with E-state index in [1.165, 1.54) is 19.2 Å². The van der Waals surface area contributed by atoms with Gasteiger partial charge in [0, 0.05) is 20.1 Å². The lowest BCUT2D eigenvalue weighted by Gasteiger charge is -2.40. The first-order valence-corrected chi connectivity index (χ1v) is 5.68. The molecule has 1 aromatic carbocycles. The van der Waals surface area contributed by atoms with Gasteiger partial charge in [0.15, 0.2) is 0 Å². The summed E-state index contributed by atoms with van der Waals surface area (Å²) < 4.78 is 13.0. The lowest BCUT2D eigenvalue weighted by Crippen LogP contribution is -2.60. The van der Waals surface area contributed by atoms with Crippen molar-refractivity contribution in [3.05, 3.63) is 34.1 Å². The van der Waals surface area contributed by atoms with E-state index in [0.29, 0.717) is 18.8 Å². The van der Waals surface area contributed by atoms with E-state index < -0.39 is 10.7 Å². The zero-order valence-electron chi connectivity index (χ0n) is 10.2. The highest BCUT2D eigenvalue weighted by atomic mass is 19.1. The number of hydrogen-bond acceptors (Lipinski definition) is 4. The SMILES string of the molecule is CNC(=O)NC1CN(c2ccc(F)cc2[N+](=O)[O-])C1. The molecule has 2 rings (SSSR count). The number of carbonyl (C=O) groups is 1. The molecule has 0 aromatic heterocycles. The summed E-state index contributed by atoms with van der Waals surface area (Å²) in [5.41, 5.74) is 0.0970. The molecule has 1 saturated heterocycles. The van der Waals surface area contributed by atoms with E-state index in [1.54, 1.807) is 4.90 Å². The van der Waals surface area contributed by atoms with Crippen LogP contribution in [0.3, 0.4) is 0 Å². The van der Waals surface area contributed by atoms with Crippen LogP contribution in [0, 0.1) is 15.9 Å². The van der Waals surface area contributed by atoms with Crippen molar-refractivity contribution >= 4 is 17.4 Å². The van der Waals surface area contributed by atoms with Crippen molar-refractivity contribution in [2.24, 2.45) is 0 Å². The molecule has 1 aliphatic rings. The van der Waals surface area contributed by atoms with Crippen LogP contribution in [0.2, 0.25) is 0 Å². The lowest BCUT2D eigenvalue weighted by molar-refractivity contribution is -0.384. The summed E-state index contributed by atoms with van der Waals surface area (Å²) >= 11 is 0. The normalized spacial score (nSPS) is 14.7. The van der Waals surface area contributed by atoms with Gasteiger partial charge < -0.3 is 15.5 Å². The minimum absolute atomic E-state index is 0.0652. The number of nitro groups is 1. The summed E-state index contributed by atoms with van der Waals surface area (Å²) in [6.07, 6.45) is 0. The number of halogens is 1. The second kappa shape index (κ2) is 5.09. The Bertz CT molecular complexity index is 517. The largest absolute Gasteiger partial charge is 0.362 e. The molecule has 1 aromatic rings. The van der Waals surface area contributed by atoms with Crippen LogP contribution in [-0.2, 0) is 0 Å². The first-order chi connectivity index (χ1) is 9.01. The first-order valence-electron chi connectivity index (χ1n) is 5.68. The van der Waals surface area contributed by atoms with Crippen molar-refractivity contribution in [3.8, 4) is 0 Å². The van der Waals surface area contributed by atoms with Gasteiger partial charge in [-0.25, -0.2) is 9.18 Å². The summed E-state index contributed by atoms with van der Waals surface area (Å²) in [6.45, 7) is 0.916. The van der Waals surface area contributed by atoms with Crippen molar-refractivity contribution in [2.75, 3.05) is 25.0 Å². The fourth-order valence-corrected chi connectivity index (χ4v) is 1.93. The number of rotatable bonds is 3. The highest BCUT2D eigenvalue weighted by molar-refractivity contribution is 5.74. The van der Waals surface area contributed by atoms with Gasteiger partial charge in [-0.2, -0.15) is 0 Å². The number of anilines is 1. The van der Waals surface area contributed by atoms with Gasteiger partial charge in [-0.3, -0.25) is 10.1 Å². The Morgan fingerprint density at radius 1 is 1.53 bits per heavy atom. The van der Waals surface area contributed by atoms with Crippen molar-refractivity contribution < 1.29 is 14.1 Å². The predicted molar refractivity (Wildman–Crippen MR) is 66.6 cm³/mol. The molecule has 1 fully saturated rings. The van der Waals surface area contributed by atoms with Crippen LogP contribution < -0.4 is 15.5 Å². The topological polar surface area (TPSA) is 87.5 Å². The Labute approximate surface area is 108 Å². The molecule has 0 unspecified atom stereocenters. The molecule has 0 spiro atoms. The van der Waals surface area contributed by atoms with Gasteiger partial charge in [0.25, 0.3) is 5.69 Å². The second-order valence-corrected chi connectivity index (χ2v) is 4.22. The summed E-state index contributed by atoms with van der Waals surface area (Å²) in [6, 6.07) is 3.10. The fourth-order valence-electron chi connectivity index (χ4n) is 1.93. The van der Waals surface area contributed by atoms with Gasteiger partial charge in [0.2, 0.25) is 0 Å². The van der Waals surface area contributed by atoms with Gasteiger partial charge in [-0.05, 0) is 12.1 Å². The van der Waals surface area contributed by atoms with Crippen LogP contribution in [0.5, 0.6) is 0 Å². The molecule has 1 heterocycles. The lowest BCUT2D eigenvalue weighted by atomic mass is 10.1. The number of nitrogens with zero attached hydrogens (tertiary/aromatic N) is 2. The fraction of sp³-hybridized carbons (Fsp3) is 0.364. The van der Waals surface area contributed by atoms with E-state index in [-0.39, 0.29) is 17.8 Å². The molecule has 0 bridgehead atoms. The highest BCUT2D eigenvalue weighted by Crippen LogP contribution is 2.31. The molecule has 0 radical (unpaired) electrons. The average molecular weight is 268 g/mol. The Morgan fingerprint density at radius 2 is 2.21 bits per heavy atom. The van der Waals surface area contributed by atoms with Crippen LogP contribution in [0.15, 0.2) is 18.2 Å². The zero-order chi connectivity index (χ0) is 14.0. The van der Waals surface area contributed by atoms with Gasteiger partial charge in [-0.1, -0.05) is 0 Å². The van der Waals surface area contributed by atoms with E-state index >= 15 is 0 Å². The smallest absolute Gasteiger partial charge is 0.314 e. The quantitative estimate of drug-likeness (QED) is 0.628. The average Bonchev–Trinajstić information content (AvgIpc) is 2.33. The van der Waals surface area contributed by atoms with E-state index in [9.17, 15) is 19.3 Å². The molecule has 2 N–H and O–H groups in total. The molecular formula is C11H13FN4O3. The van der Waals surface area contributed by atoms with Crippen LogP contribution >= 0.6 is 0 Å². The number of benzene rings is 1. The Balaban J connectivity index is 2.05. The summed E-state index contributed by atoms with van der Waals surface area (Å²) in [5, 5.41) is 16.0. The highest BCUT2D eigenvalue weighted by Gasteiger charge is 2.32. The molecule has 19 heavy (non-hydrogen) atoms. The second-order valence-electron chi connectivity index (χ2n) is 4.22. The number of carbonyl (C=O) groups excluding carboxylic acids is 1. The summed E-state index contributed by atoms with van der Waals surface area (Å²) in [4.78, 5) is 23.0. The monoisotopic (exact) mass is 268 g/mol. The molecule has 0 saturated carbocycles. The van der Waals surface area contributed by atoms with E-state index in [4.69, 9.17) is 0 Å². The Kier molecular flexibility index (Phi) is 3.50. The standard InChI is InChI=1S/C11H13FN4O3/c1-13-11(17)14-8-5-15(6-8)9-3-2-7(12)4-10(9)16(18)19/h2-4,8H,5-6H2,1H3,(H2,13,14,17). The molecule has 2 amide bonds. The maximum absolute atomic E-state index is 13.0. The number of urea groups is 1. The maximum atomic E-state index is 13.0. The Morgan fingerprint density at radius 3 is 2.79 bits per heavy atom. The van der Waals surface area contributed by atoms with Crippen LogP contribution in [0.1, 0.15) is 0 Å². The zero-order valence-corrected chi connectivity index (χ0v) is 10.2. The first kappa shape index (κ1) is 13.1. The van der Waals surface area contributed by atoms with Crippen molar-refractivity contribution in [3.63, 3.8) is 0 Å². The third-order valence-electron chi connectivity index (χ3n) is 2.92. The third kappa shape index (κ3) is 2.72. The van der Waals surface area contributed by atoms with E-state index in [1.807, 2.05) is 0 Å². The van der Waals surface area contributed by atoms with Gasteiger partial charge >= 0.3 is 6.03 Å². The molecule has 102 valence electrons. The molecule has 0 aliphatic carbocycles. The van der Waals surface area contributed by atoms with Crippen LogP contribution in [0.4, 0.5) is 20.6 Å². The number of hydrogen-bond donors (Lipinski definition) is 2. The molecule has 1 aliphatic heterocycles. The molecule has 0 atom stereocenters. The third-order valence-corrected chi connectivity index (χ3v) is 2.92.